The molecule has 3 N–H and O–H groups in total. The van der Waals surface area contributed by atoms with Gasteiger partial charge in [0.25, 0.3) is 0 Å². The molecule has 1 unspecified atom stereocenters. The lowest BCUT2D eigenvalue weighted by molar-refractivity contribution is -0.121. The molecule has 1 atom stereocenters. The SMILES string of the molecule is CC(=O)NCc1nc(CNC(=O)CC2CCNc3ccccc32)cs1. The lowest BCUT2D eigenvalue weighted by atomic mass is 9.88. The minimum absolute atomic E-state index is 0.0399. The number of anilines is 1. The lowest BCUT2D eigenvalue weighted by Crippen LogP contribution is -2.27. The molecule has 2 amide bonds. The maximum Gasteiger partial charge on any atom is 0.220 e. The number of fused-ring (bicyclic) bond motifs is 1. The monoisotopic (exact) mass is 358 g/mol. The molecule has 1 aromatic carbocycles. The zero-order valence-electron chi connectivity index (χ0n) is 14.2. The fraction of sp³-hybridized carbons (Fsp3) is 0.389. The summed E-state index contributed by atoms with van der Waals surface area (Å²) in [5.74, 6) is 0.216. The summed E-state index contributed by atoms with van der Waals surface area (Å²) in [6, 6.07) is 8.18. The van der Waals surface area contributed by atoms with Crippen molar-refractivity contribution in [3.8, 4) is 0 Å². The molecule has 0 bridgehead atoms. The molecule has 2 heterocycles. The Kier molecular flexibility index (Phi) is 5.65. The zero-order chi connectivity index (χ0) is 17.6. The van der Waals surface area contributed by atoms with Gasteiger partial charge in [0.15, 0.2) is 0 Å². The Morgan fingerprint density at radius 2 is 2.12 bits per heavy atom. The molecule has 1 aliphatic heterocycles. The molecule has 0 saturated heterocycles. The van der Waals surface area contributed by atoms with Crippen LogP contribution in [0.15, 0.2) is 29.6 Å². The lowest BCUT2D eigenvalue weighted by Gasteiger charge is -2.26. The average molecular weight is 358 g/mol. The van der Waals surface area contributed by atoms with Crippen molar-refractivity contribution in [2.24, 2.45) is 0 Å². The maximum absolute atomic E-state index is 12.3. The largest absolute Gasteiger partial charge is 0.385 e. The van der Waals surface area contributed by atoms with Crippen molar-refractivity contribution >= 4 is 28.8 Å². The Morgan fingerprint density at radius 3 is 2.96 bits per heavy atom. The molecular formula is C18H22N4O2S. The summed E-state index contributed by atoms with van der Waals surface area (Å²) >= 11 is 1.48. The normalized spacial score (nSPS) is 15.8. The number of hydrogen-bond acceptors (Lipinski definition) is 5. The van der Waals surface area contributed by atoms with E-state index in [1.807, 2.05) is 17.5 Å². The second-order valence-corrected chi connectivity index (χ2v) is 7.07. The highest BCUT2D eigenvalue weighted by Gasteiger charge is 2.22. The number of aromatic nitrogens is 1. The first-order valence-electron chi connectivity index (χ1n) is 8.39. The quantitative estimate of drug-likeness (QED) is 0.740. The van der Waals surface area contributed by atoms with Crippen molar-refractivity contribution in [2.75, 3.05) is 11.9 Å². The number of nitrogens with zero attached hydrogens (tertiary/aromatic N) is 1. The van der Waals surface area contributed by atoms with E-state index in [-0.39, 0.29) is 17.7 Å². The number of amides is 2. The van der Waals surface area contributed by atoms with Gasteiger partial charge in [-0.25, -0.2) is 4.98 Å². The minimum Gasteiger partial charge on any atom is -0.385 e. The fourth-order valence-electron chi connectivity index (χ4n) is 2.96. The Morgan fingerprint density at radius 1 is 1.28 bits per heavy atom. The molecule has 1 aromatic heterocycles. The highest BCUT2D eigenvalue weighted by Crippen LogP contribution is 2.33. The molecule has 3 rings (SSSR count). The van der Waals surface area contributed by atoms with Gasteiger partial charge >= 0.3 is 0 Å². The summed E-state index contributed by atoms with van der Waals surface area (Å²) in [7, 11) is 0. The van der Waals surface area contributed by atoms with Gasteiger partial charge in [-0.3, -0.25) is 9.59 Å². The van der Waals surface area contributed by atoms with E-state index in [1.54, 1.807) is 0 Å². The standard InChI is InChI=1S/C18H22N4O2S/c1-12(23)20-10-18-22-14(11-25-18)9-21-17(24)8-13-6-7-19-16-5-3-2-4-15(13)16/h2-5,11,13,19H,6-10H2,1H3,(H,20,23)(H,21,24). The Balaban J connectivity index is 1.50. The third kappa shape index (κ3) is 4.79. The van der Waals surface area contributed by atoms with Gasteiger partial charge in [0.2, 0.25) is 11.8 Å². The van der Waals surface area contributed by atoms with Crippen LogP contribution in [0.5, 0.6) is 0 Å². The van der Waals surface area contributed by atoms with Gasteiger partial charge in [-0.05, 0) is 24.0 Å². The molecule has 1 aliphatic rings. The predicted molar refractivity (Wildman–Crippen MR) is 98.4 cm³/mol. The zero-order valence-corrected chi connectivity index (χ0v) is 15.0. The highest BCUT2D eigenvalue weighted by atomic mass is 32.1. The van der Waals surface area contributed by atoms with E-state index in [0.717, 1.165) is 29.4 Å². The molecule has 25 heavy (non-hydrogen) atoms. The Hall–Kier alpha value is -2.41. The molecule has 132 valence electrons. The van der Waals surface area contributed by atoms with E-state index < -0.39 is 0 Å². The van der Waals surface area contributed by atoms with Gasteiger partial charge in [-0.2, -0.15) is 0 Å². The van der Waals surface area contributed by atoms with Crippen LogP contribution in [0.2, 0.25) is 0 Å². The molecule has 2 aromatic rings. The second kappa shape index (κ2) is 8.11. The van der Waals surface area contributed by atoms with E-state index in [0.29, 0.717) is 19.5 Å². The van der Waals surface area contributed by atoms with Crippen molar-refractivity contribution in [3.05, 3.63) is 45.9 Å². The summed E-state index contributed by atoms with van der Waals surface area (Å²) in [5.41, 5.74) is 3.17. The smallest absolute Gasteiger partial charge is 0.220 e. The van der Waals surface area contributed by atoms with Crippen molar-refractivity contribution < 1.29 is 9.59 Å². The summed E-state index contributed by atoms with van der Waals surface area (Å²) in [6.45, 7) is 3.23. The minimum atomic E-state index is -0.0766. The number of nitrogens with one attached hydrogen (secondary N) is 3. The number of hydrogen-bond donors (Lipinski definition) is 3. The van der Waals surface area contributed by atoms with Crippen LogP contribution in [0.3, 0.4) is 0 Å². The predicted octanol–water partition coefficient (Wildman–Crippen LogP) is 2.38. The summed E-state index contributed by atoms with van der Waals surface area (Å²) in [6.07, 6.45) is 1.45. The first kappa shape index (κ1) is 17.4. The second-order valence-electron chi connectivity index (χ2n) is 6.12. The van der Waals surface area contributed by atoms with Gasteiger partial charge < -0.3 is 16.0 Å². The number of carbonyl (C=O) groups is 2. The van der Waals surface area contributed by atoms with Crippen LogP contribution >= 0.6 is 11.3 Å². The Labute approximate surface area is 151 Å². The topological polar surface area (TPSA) is 83.1 Å². The average Bonchev–Trinajstić information content (AvgIpc) is 3.06. The van der Waals surface area contributed by atoms with Gasteiger partial charge in [-0.1, -0.05) is 18.2 Å². The van der Waals surface area contributed by atoms with Gasteiger partial charge in [-0.15, -0.1) is 11.3 Å². The van der Waals surface area contributed by atoms with Crippen LogP contribution in [-0.2, 0) is 22.7 Å². The number of carbonyl (C=O) groups excluding carboxylic acids is 2. The third-order valence-electron chi connectivity index (χ3n) is 4.20. The molecule has 0 aliphatic carbocycles. The number of benzene rings is 1. The molecular weight excluding hydrogens is 336 g/mol. The number of thiazole rings is 1. The first-order chi connectivity index (χ1) is 12.1. The van der Waals surface area contributed by atoms with Crippen molar-refractivity contribution in [3.63, 3.8) is 0 Å². The van der Waals surface area contributed by atoms with Gasteiger partial charge in [0, 0.05) is 31.0 Å². The van der Waals surface area contributed by atoms with Crippen LogP contribution in [0.4, 0.5) is 5.69 Å². The van der Waals surface area contributed by atoms with Crippen molar-refractivity contribution in [1.29, 1.82) is 0 Å². The van der Waals surface area contributed by atoms with E-state index in [4.69, 9.17) is 0 Å². The molecule has 0 radical (unpaired) electrons. The molecule has 0 spiro atoms. The molecule has 0 fully saturated rings. The number of rotatable bonds is 6. The molecule has 0 saturated carbocycles. The third-order valence-corrected chi connectivity index (χ3v) is 5.09. The summed E-state index contributed by atoms with van der Waals surface area (Å²) < 4.78 is 0. The van der Waals surface area contributed by atoms with E-state index >= 15 is 0 Å². The summed E-state index contributed by atoms with van der Waals surface area (Å²) in [4.78, 5) is 27.6. The first-order valence-corrected chi connectivity index (χ1v) is 9.27. The van der Waals surface area contributed by atoms with E-state index in [1.165, 1.54) is 23.8 Å². The van der Waals surface area contributed by atoms with Crippen LogP contribution in [0, 0.1) is 0 Å². The van der Waals surface area contributed by atoms with Gasteiger partial charge in [0.1, 0.15) is 5.01 Å². The number of para-hydroxylation sites is 1. The van der Waals surface area contributed by atoms with Crippen molar-refractivity contribution in [2.45, 2.75) is 38.8 Å². The summed E-state index contributed by atoms with van der Waals surface area (Å²) in [5, 5.41) is 11.8. The Bertz CT molecular complexity index is 759. The fourth-order valence-corrected chi connectivity index (χ4v) is 3.69. The maximum atomic E-state index is 12.3. The highest BCUT2D eigenvalue weighted by molar-refractivity contribution is 7.09. The van der Waals surface area contributed by atoms with Crippen molar-refractivity contribution in [1.82, 2.24) is 15.6 Å². The van der Waals surface area contributed by atoms with Crippen LogP contribution < -0.4 is 16.0 Å². The van der Waals surface area contributed by atoms with Crippen LogP contribution in [0.1, 0.15) is 41.9 Å². The molecule has 7 heteroatoms. The van der Waals surface area contributed by atoms with Crippen LogP contribution in [-0.4, -0.2) is 23.3 Å². The van der Waals surface area contributed by atoms with E-state index in [9.17, 15) is 9.59 Å². The van der Waals surface area contributed by atoms with E-state index in [2.05, 4.69) is 33.1 Å². The van der Waals surface area contributed by atoms with Gasteiger partial charge in [0.05, 0.1) is 18.8 Å². The molecule has 6 nitrogen and oxygen atoms in total. The van der Waals surface area contributed by atoms with Crippen LogP contribution in [0.25, 0.3) is 0 Å².